The minimum atomic E-state index is -1.29. The highest BCUT2D eigenvalue weighted by Crippen LogP contribution is 2.19. The highest BCUT2D eigenvalue weighted by Gasteiger charge is 2.11. The van der Waals surface area contributed by atoms with Crippen LogP contribution in [0.1, 0.15) is 19.4 Å². The van der Waals surface area contributed by atoms with Crippen molar-refractivity contribution >= 4 is 0 Å². The van der Waals surface area contributed by atoms with Crippen LogP contribution in [0.15, 0.2) is 12.1 Å². The van der Waals surface area contributed by atoms with Crippen LogP contribution < -0.4 is 4.74 Å². The molecule has 1 aromatic rings. The molecular formula is C12H12F2O2. The van der Waals surface area contributed by atoms with E-state index in [-0.39, 0.29) is 11.3 Å². The van der Waals surface area contributed by atoms with Gasteiger partial charge in [0.25, 0.3) is 0 Å². The molecule has 16 heavy (non-hydrogen) atoms. The van der Waals surface area contributed by atoms with Gasteiger partial charge >= 0.3 is 0 Å². The van der Waals surface area contributed by atoms with E-state index in [1.165, 1.54) is 21.0 Å². The molecule has 0 spiro atoms. The van der Waals surface area contributed by atoms with E-state index in [4.69, 9.17) is 4.74 Å². The van der Waals surface area contributed by atoms with Crippen molar-refractivity contribution in [2.75, 3.05) is 7.11 Å². The largest absolute Gasteiger partial charge is 0.497 e. The van der Waals surface area contributed by atoms with Crippen molar-refractivity contribution < 1.29 is 18.6 Å². The lowest BCUT2D eigenvalue weighted by Crippen LogP contribution is -2.14. The molecule has 2 nitrogen and oxygen atoms in total. The van der Waals surface area contributed by atoms with Crippen molar-refractivity contribution in [2.24, 2.45) is 0 Å². The van der Waals surface area contributed by atoms with Crippen molar-refractivity contribution in [3.05, 3.63) is 29.3 Å². The number of hydrogen-bond donors (Lipinski definition) is 1. The van der Waals surface area contributed by atoms with Crippen LogP contribution in [0.3, 0.4) is 0 Å². The molecule has 0 unspecified atom stereocenters. The normalized spacial score (nSPS) is 10.6. The van der Waals surface area contributed by atoms with Gasteiger partial charge in [-0.3, -0.25) is 0 Å². The second kappa shape index (κ2) is 4.50. The zero-order valence-electron chi connectivity index (χ0n) is 9.27. The van der Waals surface area contributed by atoms with Crippen LogP contribution in [-0.4, -0.2) is 17.8 Å². The third kappa shape index (κ3) is 3.21. The second-order valence-electron chi connectivity index (χ2n) is 3.78. The monoisotopic (exact) mass is 226 g/mol. The highest BCUT2D eigenvalue weighted by atomic mass is 19.1. The van der Waals surface area contributed by atoms with E-state index < -0.39 is 17.2 Å². The first-order chi connectivity index (χ1) is 7.33. The van der Waals surface area contributed by atoms with Crippen molar-refractivity contribution in [3.8, 4) is 17.6 Å². The van der Waals surface area contributed by atoms with Crippen LogP contribution in [0.4, 0.5) is 8.78 Å². The van der Waals surface area contributed by atoms with Gasteiger partial charge in [-0.15, -0.1) is 0 Å². The number of ether oxygens (including phenoxy) is 1. The fourth-order valence-electron chi connectivity index (χ4n) is 1.00. The third-order valence-corrected chi connectivity index (χ3v) is 1.74. The van der Waals surface area contributed by atoms with Gasteiger partial charge in [0.2, 0.25) is 0 Å². The molecule has 0 fully saturated rings. The van der Waals surface area contributed by atoms with Crippen LogP contribution in [-0.2, 0) is 0 Å². The number of hydrogen-bond acceptors (Lipinski definition) is 2. The fourth-order valence-corrected chi connectivity index (χ4v) is 1.00. The molecular weight excluding hydrogens is 214 g/mol. The number of methoxy groups -OCH3 is 1. The van der Waals surface area contributed by atoms with Crippen molar-refractivity contribution in [1.82, 2.24) is 0 Å². The molecule has 0 saturated carbocycles. The van der Waals surface area contributed by atoms with E-state index in [9.17, 15) is 13.9 Å². The molecule has 0 aliphatic rings. The van der Waals surface area contributed by atoms with Gasteiger partial charge < -0.3 is 9.84 Å². The van der Waals surface area contributed by atoms with E-state index in [1.54, 1.807) is 0 Å². The SMILES string of the molecule is COc1cc(F)c(C#CC(C)(C)O)c(F)c1. The first-order valence-corrected chi connectivity index (χ1v) is 4.62. The van der Waals surface area contributed by atoms with Gasteiger partial charge in [-0.05, 0) is 13.8 Å². The summed E-state index contributed by atoms with van der Waals surface area (Å²) in [5.41, 5.74) is -1.67. The Morgan fingerprint density at radius 1 is 1.25 bits per heavy atom. The summed E-state index contributed by atoms with van der Waals surface area (Å²) in [5, 5.41) is 9.32. The summed E-state index contributed by atoms with van der Waals surface area (Å²) in [7, 11) is 1.32. The molecule has 0 heterocycles. The van der Waals surface area contributed by atoms with Gasteiger partial charge in [-0.1, -0.05) is 11.8 Å². The van der Waals surface area contributed by atoms with Gasteiger partial charge in [0.05, 0.1) is 12.7 Å². The molecule has 1 aromatic carbocycles. The number of benzene rings is 1. The smallest absolute Gasteiger partial charge is 0.145 e. The van der Waals surface area contributed by atoms with Crippen LogP contribution in [0.2, 0.25) is 0 Å². The predicted molar refractivity (Wildman–Crippen MR) is 56.1 cm³/mol. The zero-order valence-corrected chi connectivity index (χ0v) is 9.27. The van der Waals surface area contributed by atoms with E-state index in [1.807, 2.05) is 0 Å². The molecule has 86 valence electrons. The molecule has 4 heteroatoms. The Hall–Kier alpha value is -1.60. The van der Waals surface area contributed by atoms with Gasteiger partial charge in [0.1, 0.15) is 23.0 Å². The average molecular weight is 226 g/mol. The summed E-state index contributed by atoms with van der Waals surface area (Å²) in [6, 6.07) is 2.08. The Morgan fingerprint density at radius 2 is 1.75 bits per heavy atom. The zero-order chi connectivity index (χ0) is 12.3. The predicted octanol–water partition coefficient (Wildman–Crippen LogP) is 2.10. The lowest BCUT2D eigenvalue weighted by atomic mass is 10.1. The molecule has 0 bridgehead atoms. The molecule has 1 rings (SSSR count). The van der Waals surface area contributed by atoms with E-state index in [2.05, 4.69) is 11.8 Å². The molecule has 0 aromatic heterocycles. The second-order valence-corrected chi connectivity index (χ2v) is 3.78. The topological polar surface area (TPSA) is 29.5 Å². The Labute approximate surface area is 92.9 Å². The van der Waals surface area contributed by atoms with Gasteiger partial charge in [-0.25, -0.2) is 8.78 Å². The highest BCUT2D eigenvalue weighted by molar-refractivity contribution is 5.42. The molecule has 0 aliphatic heterocycles. The molecule has 0 aliphatic carbocycles. The van der Waals surface area contributed by atoms with Crippen LogP contribution in [0.5, 0.6) is 5.75 Å². The molecule has 0 atom stereocenters. The maximum atomic E-state index is 13.4. The lowest BCUT2D eigenvalue weighted by molar-refractivity contribution is 0.143. The third-order valence-electron chi connectivity index (χ3n) is 1.74. The maximum absolute atomic E-state index is 13.4. The summed E-state index contributed by atoms with van der Waals surface area (Å²) in [5.74, 6) is 3.07. The quantitative estimate of drug-likeness (QED) is 0.743. The minimum absolute atomic E-state index is 0.0869. The average Bonchev–Trinajstić information content (AvgIpc) is 2.14. The summed E-state index contributed by atoms with van der Waals surface area (Å²) >= 11 is 0. The number of rotatable bonds is 1. The minimum Gasteiger partial charge on any atom is -0.497 e. The molecule has 0 saturated heterocycles. The van der Waals surface area contributed by atoms with Gasteiger partial charge in [0.15, 0.2) is 0 Å². The lowest BCUT2D eigenvalue weighted by Gasteiger charge is -2.07. The first kappa shape index (κ1) is 12.5. The van der Waals surface area contributed by atoms with Crippen molar-refractivity contribution in [2.45, 2.75) is 19.4 Å². The first-order valence-electron chi connectivity index (χ1n) is 4.62. The summed E-state index contributed by atoms with van der Waals surface area (Å²) in [6.45, 7) is 2.86. The summed E-state index contributed by atoms with van der Waals surface area (Å²) in [6.07, 6.45) is 0. The standard InChI is InChI=1S/C12H12F2O2/c1-12(2,15)5-4-9-10(13)6-8(16-3)7-11(9)14/h6-7,15H,1-3H3. The van der Waals surface area contributed by atoms with Crippen LogP contribution >= 0.6 is 0 Å². The maximum Gasteiger partial charge on any atom is 0.145 e. The Bertz CT molecular complexity index is 427. The van der Waals surface area contributed by atoms with E-state index in [0.29, 0.717) is 0 Å². The van der Waals surface area contributed by atoms with Crippen molar-refractivity contribution in [3.63, 3.8) is 0 Å². The molecule has 1 N–H and O–H groups in total. The van der Waals surface area contributed by atoms with Gasteiger partial charge in [-0.2, -0.15) is 0 Å². The van der Waals surface area contributed by atoms with E-state index in [0.717, 1.165) is 12.1 Å². The van der Waals surface area contributed by atoms with Crippen LogP contribution in [0.25, 0.3) is 0 Å². The number of aliphatic hydroxyl groups is 1. The Morgan fingerprint density at radius 3 is 2.12 bits per heavy atom. The molecule has 0 radical (unpaired) electrons. The Balaban J connectivity index is 3.19. The van der Waals surface area contributed by atoms with E-state index >= 15 is 0 Å². The molecule has 0 amide bonds. The van der Waals surface area contributed by atoms with Crippen LogP contribution in [0, 0.1) is 23.5 Å². The van der Waals surface area contributed by atoms with Gasteiger partial charge in [0, 0.05) is 12.1 Å². The summed E-state index contributed by atoms with van der Waals surface area (Å²) < 4.78 is 31.4. The Kier molecular flexibility index (Phi) is 3.51. The summed E-state index contributed by atoms with van der Waals surface area (Å²) in [4.78, 5) is 0. The number of halogens is 2. The van der Waals surface area contributed by atoms with Crippen molar-refractivity contribution in [1.29, 1.82) is 0 Å². The fraction of sp³-hybridized carbons (Fsp3) is 0.333.